The molecule has 6 nitrogen and oxygen atoms in total. The molecule has 1 aliphatic heterocycles. The van der Waals surface area contributed by atoms with E-state index in [1.165, 1.54) is 0 Å². The smallest absolute Gasteiger partial charge is 0.128 e. The van der Waals surface area contributed by atoms with Crippen molar-refractivity contribution in [1.82, 2.24) is 9.88 Å². The molecule has 0 bridgehead atoms. The van der Waals surface area contributed by atoms with Crippen LogP contribution in [0.5, 0.6) is 11.5 Å². The molecular formula is C26H28N4O2. The van der Waals surface area contributed by atoms with Crippen molar-refractivity contribution in [1.29, 1.82) is 0 Å². The van der Waals surface area contributed by atoms with E-state index >= 15 is 0 Å². The third kappa shape index (κ3) is 6.49. The van der Waals surface area contributed by atoms with Gasteiger partial charge in [0.25, 0.3) is 0 Å². The van der Waals surface area contributed by atoms with Crippen LogP contribution < -0.4 is 9.47 Å². The molecule has 0 fully saturated rings. The van der Waals surface area contributed by atoms with Crippen molar-refractivity contribution in [3.8, 4) is 11.5 Å². The summed E-state index contributed by atoms with van der Waals surface area (Å²) in [6.07, 6.45) is 5.61. The Hall–Kier alpha value is -3.51. The summed E-state index contributed by atoms with van der Waals surface area (Å²) in [5, 5.41) is 0. The first kappa shape index (κ1) is 21.7. The molecule has 1 aromatic heterocycles. The number of hydrogen-bond donors (Lipinski definition) is 0. The second-order valence-corrected chi connectivity index (χ2v) is 7.44. The first-order valence-electron chi connectivity index (χ1n) is 10.9. The largest absolute Gasteiger partial charge is 0.489 e. The molecule has 0 atom stereocenters. The lowest BCUT2D eigenvalue weighted by Gasteiger charge is -2.20. The highest BCUT2D eigenvalue weighted by atomic mass is 16.5. The summed E-state index contributed by atoms with van der Waals surface area (Å²) in [4.78, 5) is 16.1. The lowest BCUT2D eigenvalue weighted by Crippen LogP contribution is -2.29. The third-order valence-electron chi connectivity index (χ3n) is 5.10. The highest BCUT2D eigenvalue weighted by Crippen LogP contribution is 2.18. The molecule has 164 valence electrons. The number of para-hydroxylation sites is 2. The highest BCUT2D eigenvalue weighted by Gasteiger charge is 2.07. The second kappa shape index (κ2) is 11.8. The maximum Gasteiger partial charge on any atom is 0.128 e. The predicted molar refractivity (Wildman–Crippen MR) is 128 cm³/mol. The molecule has 2 heterocycles. The van der Waals surface area contributed by atoms with Crippen molar-refractivity contribution < 1.29 is 9.47 Å². The summed E-state index contributed by atoms with van der Waals surface area (Å²) in [6.45, 7) is 4.71. The Morgan fingerprint density at radius 3 is 1.81 bits per heavy atom. The van der Waals surface area contributed by atoms with Crippen LogP contribution in [0.15, 0.2) is 82.9 Å². The van der Waals surface area contributed by atoms with Crippen LogP contribution >= 0.6 is 0 Å². The van der Waals surface area contributed by atoms with Crippen LogP contribution in [0.4, 0.5) is 0 Å². The molecule has 0 unspecified atom stereocenters. The standard InChI is InChI=1S/C26H28N4O2/c1-3-10-25-22(7-1)19-27-13-15-30(21-24-9-5-6-12-29-24)16-14-28-20-23-8-2-4-11-26(23)32-18-17-31-25/h1-12,19-20H,13-18,21H2. The SMILES string of the molecule is C1=NCCN(Cc2ccccn2)CCN=Cc2ccccc2OCCOc2ccccc21. The van der Waals surface area contributed by atoms with Crippen molar-refractivity contribution in [2.75, 3.05) is 39.4 Å². The zero-order chi connectivity index (χ0) is 21.8. The Balaban J connectivity index is 1.52. The molecular weight excluding hydrogens is 400 g/mol. The molecule has 32 heavy (non-hydrogen) atoms. The Labute approximate surface area is 189 Å². The first-order valence-corrected chi connectivity index (χ1v) is 10.9. The normalized spacial score (nSPS) is 15.6. The molecule has 0 spiro atoms. The van der Waals surface area contributed by atoms with Crippen LogP contribution in [0.3, 0.4) is 0 Å². The van der Waals surface area contributed by atoms with Crippen molar-refractivity contribution >= 4 is 12.4 Å². The quantitative estimate of drug-likeness (QED) is 0.621. The number of hydrogen-bond acceptors (Lipinski definition) is 6. The topological polar surface area (TPSA) is 59.3 Å². The van der Waals surface area contributed by atoms with Gasteiger partial charge in [-0.2, -0.15) is 0 Å². The van der Waals surface area contributed by atoms with E-state index in [-0.39, 0.29) is 0 Å². The van der Waals surface area contributed by atoms with Crippen molar-refractivity contribution in [2.45, 2.75) is 6.54 Å². The molecule has 0 radical (unpaired) electrons. The fraction of sp³-hybridized carbons (Fsp3) is 0.269. The Bertz CT molecular complexity index is 973. The average Bonchev–Trinajstić information content (AvgIpc) is 2.84. The summed E-state index contributed by atoms with van der Waals surface area (Å²) in [6, 6.07) is 21.9. The number of benzene rings is 2. The number of pyridine rings is 1. The molecule has 0 aliphatic carbocycles. The van der Waals surface area contributed by atoms with E-state index in [9.17, 15) is 0 Å². The summed E-state index contributed by atoms with van der Waals surface area (Å²) in [5.41, 5.74) is 2.98. The fourth-order valence-electron chi connectivity index (χ4n) is 3.46. The van der Waals surface area contributed by atoms with Crippen LogP contribution in [0.1, 0.15) is 16.8 Å². The predicted octanol–water partition coefficient (Wildman–Crippen LogP) is 3.89. The minimum atomic E-state index is 0.453. The number of fused-ring (bicyclic) bond motifs is 2. The van der Waals surface area contributed by atoms with Gasteiger partial charge in [0.1, 0.15) is 24.7 Å². The lowest BCUT2D eigenvalue weighted by atomic mass is 10.2. The van der Waals surface area contributed by atoms with Gasteiger partial charge in [0.15, 0.2) is 0 Å². The molecule has 0 amide bonds. The number of aromatic nitrogens is 1. The van der Waals surface area contributed by atoms with Crippen LogP contribution in [-0.4, -0.2) is 61.7 Å². The Morgan fingerprint density at radius 2 is 1.25 bits per heavy atom. The monoisotopic (exact) mass is 428 g/mol. The fourth-order valence-corrected chi connectivity index (χ4v) is 3.46. The van der Waals surface area contributed by atoms with Gasteiger partial charge >= 0.3 is 0 Å². The van der Waals surface area contributed by atoms with Gasteiger partial charge in [-0.05, 0) is 36.4 Å². The maximum absolute atomic E-state index is 5.96. The first-order chi connectivity index (χ1) is 15.9. The molecule has 1 aliphatic rings. The minimum Gasteiger partial charge on any atom is -0.489 e. The number of ether oxygens (including phenoxy) is 2. The zero-order valence-corrected chi connectivity index (χ0v) is 18.1. The number of aliphatic imine (C=N–C) groups is 2. The molecule has 3 aromatic rings. The molecule has 4 rings (SSSR count). The van der Waals surface area contributed by atoms with E-state index in [2.05, 4.69) is 25.9 Å². The van der Waals surface area contributed by atoms with Crippen LogP contribution in [0.25, 0.3) is 0 Å². The van der Waals surface area contributed by atoms with E-state index in [0.717, 1.165) is 48.0 Å². The average molecular weight is 429 g/mol. The molecule has 6 heteroatoms. The van der Waals surface area contributed by atoms with Gasteiger partial charge in [0, 0.05) is 49.4 Å². The van der Waals surface area contributed by atoms with Gasteiger partial charge in [0.2, 0.25) is 0 Å². The third-order valence-corrected chi connectivity index (χ3v) is 5.10. The van der Waals surface area contributed by atoms with Gasteiger partial charge in [-0.15, -0.1) is 0 Å². The van der Waals surface area contributed by atoms with Gasteiger partial charge < -0.3 is 9.47 Å². The minimum absolute atomic E-state index is 0.453. The van der Waals surface area contributed by atoms with Crippen molar-refractivity contribution in [3.63, 3.8) is 0 Å². The summed E-state index contributed by atoms with van der Waals surface area (Å²) in [5.74, 6) is 1.62. The Morgan fingerprint density at radius 1 is 0.688 bits per heavy atom. The van der Waals surface area contributed by atoms with Crippen LogP contribution in [0.2, 0.25) is 0 Å². The summed E-state index contributed by atoms with van der Waals surface area (Å²) in [7, 11) is 0. The van der Waals surface area contributed by atoms with Gasteiger partial charge in [-0.25, -0.2) is 0 Å². The van der Waals surface area contributed by atoms with Gasteiger partial charge in [-0.1, -0.05) is 30.3 Å². The van der Waals surface area contributed by atoms with Gasteiger partial charge in [0.05, 0.1) is 18.8 Å². The number of nitrogens with zero attached hydrogens (tertiary/aromatic N) is 4. The second-order valence-electron chi connectivity index (χ2n) is 7.44. The maximum atomic E-state index is 5.96. The molecule has 0 saturated heterocycles. The lowest BCUT2D eigenvalue weighted by molar-refractivity contribution is 0.217. The van der Waals surface area contributed by atoms with E-state index in [1.807, 2.05) is 79.3 Å². The van der Waals surface area contributed by atoms with Gasteiger partial charge in [-0.3, -0.25) is 19.9 Å². The van der Waals surface area contributed by atoms with Crippen molar-refractivity contribution in [2.24, 2.45) is 9.98 Å². The van der Waals surface area contributed by atoms with E-state index < -0.39 is 0 Å². The van der Waals surface area contributed by atoms with Crippen molar-refractivity contribution in [3.05, 3.63) is 89.7 Å². The summed E-state index contributed by atoms with van der Waals surface area (Å²) >= 11 is 0. The molecule has 2 aromatic carbocycles. The van der Waals surface area contributed by atoms with Crippen LogP contribution in [-0.2, 0) is 6.54 Å². The molecule has 0 saturated carbocycles. The summed E-state index contributed by atoms with van der Waals surface area (Å²) < 4.78 is 11.9. The molecule has 0 N–H and O–H groups in total. The van der Waals surface area contributed by atoms with E-state index in [0.29, 0.717) is 26.3 Å². The number of rotatable bonds is 2. The van der Waals surface area contributed by atoms with Crippen LogP contribution in [0, 0.1) is 0 Å². The van der Waals surface area contributed by atoms with E-state index in [1.54, 1.807) is 0 Å². The van der Waals surface area contributed by atoms with E-state index in [4.69, 9.17) is 9.47 Å². The Kier molecular flexibility index (Phi) is 7.98. The highest BCUT2D eigenvalue weighted by molar-refractivity contribution is 5.84. The zero-order valence-electron chi connectivity index (χ0n) is 18.1.